The summed E-state index contributed by atoms with van der Waals surface area (Å²) in [6.07, 6.45) is 1.26. The fourth-order valence-electron chi connectivity index (χ4n) is 2.94. The maximum absolute atomic E-state index is 4.75. The molecule has 1 N–H and O–H groups in total. The molecule has 3 rings (SSSR count). The molecule has 1 saturated heterocycles. The third-order valence-electron chi connectivity index (χ3n) is 3.79. The Hall–Kier alpha value is -0.970. The van der Waals surface area contributed by atoms with Gasteiger partial charge in [0.25, 0.3) is 0 Å². The molecule has 20 heavy (non-hydrogen) atoms. The summed E-state index contributed by atoms with van der Waals surface area (Å²) in [7, 11) is 0. The van der Waals surface area contributed by atoms with E-state index in [0.717, 1.165) is 37.6 Å². The Balaban J connectivity index is 1.64. The smallest absolute Gasteiger partial charge is 0.108 e. The molecule has 1 unspecified atom stereocenters. The monoisotopic (exact) mass is 289 g/mol. The highest BCUT2D eigenvalue weighted by Gasteiger charge is 2.20. The second kappa shape index (κ2) is 6.20. The predicted octanol–water partition coefficient (Wildman–Crippen LogP) is 3.12. The van der Waals surface area contributed by atoms with E-state index in [4.69, 9.17) is 4.98 Å². The number of hydrogen-bond donors (Lipinski definition) is 1. The van der Waals surface area contributed by atoms with Crippen molar-refractivity contribution in [3.63, 3.8) is 0 Å². The Labute approximate surface area is 125 Å². The van der Waals surface area contributed by atoms with Gasteiger partial charge in [-0.25, -0.2) is 4.98 Å². The van der Waals surface area contributed by atoms with Crippen molar-refractivity contribution in [2.24, 2.45) is 5.92 Å². The van der Waals surface area contributed by atoms with Crippen LogP contribution in [0.3, 0.4) is 0 Å². The first-order chi connectivity index (χ1) is 9.70. The zero-order valence-electron chi connectivity index (χ0n) is 12.3. The topological polar surface area (TPSA) is 28.2 Å². The minimum atomic E-state index is 0.637. The summed E-state index contributed by atoms with van der Waals surface area (Å²) in [6.45, 7) is 8.97. The summed E-state index contributed by atoms with van der Waals surface area (Å²) < 4.78 is 1.30. The SMILES string of the molecule is CC(C)CC1CN(Cc2nc3ccccc3s2)CCN1. The van der Waals surface area contributed by atoms with Gasteiger partial charge < -0.3 is 5.32 Å². The summed E-state index contributed by atoms with van der Waals surface area (Å²) >= 11 is 1.83. The van der Waals surface area contributed by atoms with Crippen molar-refractivity contribution in [3.8, 4) is 0 Å². The van der Waals surface area contributed by atoms with E-state index in [0.29, 0.717) is 6.04 Å². The molecule has 1 atom stereocenters. The molecule has 0 amide bonds. The van der Waals surface area contributed by atoms with E-state index in [9.17, 15) is 0 Å². The molecule has 0 spiro atoms. The fourth-order valence-corrected chi connectivity index (χ4v) is 3.95. The van der Waals surface area contributed by atoms with E-state index in [1.54, 1.807) is 0 Å². The molecule has 2 heterocycles. The fraction of sp³-hybridized carbons (Fsp3) is 0.562. The summed E-state index contributed by atoms with van der Waals surface area (Å²) in [5.74, 6) is 0.759. The number of fused-ring (bicyclic) bond motifs is 1. The molecule has 1 aromatic carbocycles. The molecule has 0 radical (unpaired) electrons. The lowest BCUT2D eigenvalue weighted by Gasteiger charge is -2.34. The molecule has 108 valence electrons. The second-order valence-corrected chi connectivity index (χ2v) is 7.21. The molecule has 0 aliphatic carbocycles. The van der Waals surface area contributed by atoms with Gasteiger partial charge in [0.15, 0.2) is 0 Å². The Morgan fingerprint density at radius 2 is 2.25 bits per heavy atom. The molecule has 0 bridgehead atoms. The van der Waals surface area contributed by atoms with E-state index in [2.05, 4.69) is 48.3 Å². The number of benzene rings is 1. The predicted molar refractivity (Wildman–Crippen MR) is 86.1 cm³/mol. The van der Waals surface area contributed by atoms with E-state index < -0.39 is 0 Å². The van der Waals surface area contributed by atoms with Crippen LogP contribution in [0, 0.1) is 5.92 Å². The van der Waals surface area contributed by atoms with Crippen LogP contribution in [0.4, 0.5) is 0 Å². The van der Waals surface area contributed by atoms with Gasteiger partial charge in [-0.3, -0.25) is 4.90 Å². The summed E-state index contributed by atoms with van der Waals surface area (Å²) in [5, 5.41) is 4.88. The molecule has 0 saturated carbocycles. The Kier molecular flexibility index (Phi) is 4.34. The van der Waals surface area contributed by atoms with Gasteiger partial charge in [0, 0.05) is 25.7 Å². The van der Waals surface area contributed by atoms with Crippen molar-refractivity contribution in [2.45, 2.75) is 32.9 Å². The van der Waals surface area contributed by atoms with Gasteiger partial charge in [0.2, 0.25) is 0 Å². The lowest BCUT2D eigenvalue weighted by Crippen LogP contribution is -2.50. The Bertz CT molecular complexity index is 531. The van der Waals surface area contributed by atoms with Crippen LogP contribution in [-0.4, -0.2) is 35.6 Å². The minimum Gasteiger partial charge on any atom is -0.311 e. The first kappa shape index (κ1) is 14.0. The lowest BCUT2D eigenvalue weighted by atomic mass is 10.0. The number of nitrogens with zero attached hydrogens (tertiary/aromatic N) is 2. The highest BCUT2D eigenvalue weighted by molar-refractivity contribution is 7.18. The second-order valence-electron chi connectivity index (χ2n) is 6.09. The number of aromatic nitrogens is 1. The normalized spacial score (nSPS) is 20.9. The quantitative estimate of drug-likeness (QED) is 0.937. The molecular weight excluding hydrogens is 266 g/mol. The standard InChI is InChI=1S/C16H23N3S/c1-12(2)9-13-10-19(8-7-17-13)11-16-18-14-5-3-4-6-15(14)20-16/h3-6,12-13,17H,7-11H2,1-2H3. The van der Waals surface area contributed by atoms with E-state index in [-0.39, 0.29) is 0 Å². The van der Waals surface area contributed by atoms with Crippen LogP contribution in [0.1, 0.15) is 25.3 Å². The molecule has 1 aliphatic heterocycles. The number of thiazole rings is 1. The van der Waals surface area contributed by atoms with Gasteiger partial charge in [0.1, 0.15) is 5.01 Å². The van der Waals surface area contributed by atoms with Crippen molar-refractivity contribution in [3.05, 3.63) is 29.3 Å². The third kappa shape index (κ3) is 3.37. The van der Waals surface area contributed by atoms with Crippen LogP contribution in [0.25, 0.3) is 10.2 Å². The van der Waals surface area contributed by atoms with Gasteiger partial charge in [-0.1, -0.05) is 26.0 Å². The maximum atomic E-state index is 4.75. The average Bonchev–Trinajstić information content (AvgIpc) is 2.80. The molecular formula is C16H23N3S. The number of hydrogen-bond acceptors (Lipinski definition) is 4. The molecule has 4 heteroatoms. The Morgan fingerprint density at radius 3 is 3.05 bits per heavy atom. The highest BCUT2D eigenvalue weighted by atomic mass is 32.1. The van der Waals surface area contributed by atoms with E-state index in [1.807, 2.05) is 11.3 Å². The largest absolute Gasteiger partial charge is 0.311 e. The van der Waals surface area contributed by atoms with Crippen LogP contribution in [0.2, 0.25) is 0 Å². The minimum absolute atomic E-state index is 0.637. The van der Waals surface area contributed by atoms with Crippen molar-refractivity contribution in [1.82, 2.24) is 15.2 Å². The highest BCUT2D eigenvalue weighted by Crippen LogP contribution is 2.23. The Morgan fingerprint density at radius 1 is 1.40 bits per heavy atom. The molecule has 1 aliphatic rings. The number of rotatable bonds is 4. The van der Waals surface area contributed by atoms with Crippen molar-refractivity contribution in [1.29, 1.82) is 0 Å². The van der Waals surface area contributed by atoms with Crippen molar-refractivity contribution < 1.29 is 0 Å². The number of para-hydroxylation sites is 1. The van der Waals surface area contributed by atoms with Gasteiger partial charge in [-0.15, -0.1) is 11.3 Å². The van der Waals surface area contributed by atoms with E-state index in [1.165, 1.54) is 16.1 Å². The summed E-state index contributed by atoms with van der Waals surface area (Å²) in [4.78, 5) is 7.29. The zero-order valence-corrected chi connectivity index (χ0v) is 13.1. The van der Waals surface area contributed by atoms with Gasteiger partial charge in [-0.05, 0) is 24.5 Å². The van der Waals surface area contributed by atoms with Crippen LogP contribution >= 0.6 is 11.3 Å². The average molecular weight is 289 g/mol. The molecule has 1 fully saturated rings. The van der Waals surface area contributed by atoms with Crippen LogP contribution in [-0.2, 0) is 6.54 Å². The van der Waals surface area contributed by atoms with Gasteiger partial charge in [-0.2, -0.15) is 0 Å². The van der Waals surface area contributed by atoms with Crippen LogP contribution in [0.15, 0.2) is 24.3 Å². The van der Waals surface area contributed by atoms with Gasteiger partial charge in [0.05, 0.1) is 16.8 Å². The zero-order chi connectivity index (χ0) is 13.9. The molecule has 3 nitrogen and oxygen atoms in total. The van der Waals surface area contributed by atoms with Crippen LogP contribution in [0.5, 0.6) is 0 Å². The number of piperazine rings is 1. The maximum Gasteiger partial charge on any atom is 0.108 e. The lowest BCUT2D eigenvalue weighted by molar-refractivity contribution is 0.179. The molecule has 1 aromatic heterocycles. The third-order valence-corrected chi connectivity index (χ3v) is 4.81. The van der Waals surface area contributed by atoms with Crippen molar-refractivity contribution in [2.75, 3.05) is 19.6 Å². The summed E-state index contributed by atoms with van der Waals surface area (Å²) in [5.41, 5.74) is 1.14. The van der Waals surface area contributed by atoms with E-state index >= 15 is 0 Å². The summed E-state index contributed by atoms with van der Waals surface area (Å²) in [6, 6.07) is 9.06. The first-order valence-corrected chi connectivity index (χ1v) is 8.32. The number of nitrogens with one attached hydrogen (secondary N) is 1. The van der Waals surface area contributed by atoms with Crippen molar-refractivity contribution >= 4 is 21.6 Å². The molecule has 2 aromatic rings. The first-order valence-electron chi connectivity index (χ1n) is 7.51. The van der Waals surface area contributed by atoms with Crippen LogP contribution < -0.4 is 5.32 Å². The van der Waals surface area contributed by atoms with Gasteiger partial charge >= 0.3 is 0 Å².